The van der Waals surface area contributed by atoms with Crippen molar-refractivity contribution in [2.75, 3.05) is 18.4 Å². The molecule has 0 amide bonds. The summed E-state index contributed by atoms with van der Waals surface area (Å²) in [6, 6.07) is 12.8. The van der Waals surface area contributed by atoms with Crippen LogP contribution in [0, 0.1) is 0 Å². The van der Waals surface area contributed by atoms with E-state index in [-0.39, 0.29) is 0 Å². The predicted octanol–water partition coefficient (Wildman–Crippen LogP) is 3.05. The fourth-order valence-corrected chi connectivity index (χ4v) is 3.48. The quantitative estimate of drug-likeness (QED) is 0.709. The summed E-state index contributed by atoms with van der Waals surface area (Å²) in [5.74, 6) is 0.932. The maximum atomic E-state index is 4.65. The fourth-order valence-electron chi connectivity index (χ4n) is 3.48. The van der Waals surface area contributed by atoms with E-state index in [0.717, 1.165) is 30.8 Å². The van der Waals surface area contributed by atoms with Crippen molar-refractivity contribution < 1.29 is 0 Å². The molecule has 0 aliphatic heterocycles. The molecule has 1 unspecified atom stereocenters. The van der Waals surface area contributed by atoms with Crippen molar-refractivity contribution in [3.8, 4) is 0 Å². The number of fused-ring (bicyclic) bond motifs is 2. The van der Waals surface area contributed by atoms with E-state index in [4.69, 9.17) is 0 Å². The topological polar surface area (TPSA) is 54.8 Å². The Labute approximate surface area is 142 Å². The monoisotopic (exact) mass is 321 g/mol. The number of benzene rings is 1. The molecular weight excluding hydrogens is 298 g/mol. The highest BCUT2D eigenvalue weighted by Gasteiger charge is 2.22. The number of nitrogens with one attached hydrogen (secondary N) is 2. The van der Waals surface area contributed by atoms with Gasteiger partial charge in [0, 0.05) is 43.3 Å². The second-order valence-corrected chi connectivity index (χ2v) is 6.42. The SMILES string of the molecule is Cn1cc2c(n1)CCCC2NCCNc1ccc2ccccc2n1. The molecule has 0 fully saturated rings. The van der Waals surface area contributed by atoms with E-state index in [1.54, 1.807) is 0 Å². The Morgan fingerprint density at radius 2 is 2.08 bits per heavy atom. The van der Waals surface area contributed by atoms with Gasteiger partial charge in [-0.1, -0.05) is 18.2 Å². The molecule has 2 heterocycles. The number of aryl methyl sites for hydroxylation is 2. The lowest BCUT2D eigenvalue weighted by atomic mass is 9.93. The number of hydrogen-bond donors (Lipinski definition) is 2. The fraction of sp³-hybridized carbons (Fsp3) is 0.368. The Balaban J connectivity index is 1.33. The zero-order valence-electron chi connectivity index (χ0n) is 14.0. The molecule has 1 aliphatic carbocycles. The molecular formula is C19H23N5. The van der Waals surface area contributed by atoms with E-state index >= 15 is 0 Å². The van der Waals surface area contributed by atoms with Gasteiger partial charge in [-0.2, -0.15) is 5.10 Å². The third kappa shape index (κ3) is 3.12. The summed E-state index contributed by atoms with van der Waals surface area (Å²) < 4.78 is 1.93. The van der Waals surface area contributed by atoms with Gasteiger partial charge in [0.25, 0.3) is 0 Å². The van der Waals surface area contributed by atoms with Gasteiger partial charge in [0.05, 0.1) is 11.2 Å². The Morgan fingerprint density at radius 1 is 1.17 bits per heavy atom. The Kier molecular flexibility index (Phi) is 4.17. The van der Waals surface area contributed by atoms with E-state index in [2.05, 4.69) is 39.0 Å². The van der Waals surface area contributed by atoms with Crippen LogP contribution in [0.15, 0.2) is 42.6 Å². The third-order valence-corrected chi connectivity index (χ3v) is 4.64. The van der Waals surface area contributed by atoms with Crippen molar-refractivity contribution in [3.63, 3.8) is 0 Å². The Bertz CT molecular complexity index is 839. The molecule has 5 heteroatoms. The van der Waals surface area contributed by atoms with Crippen LogP contribution in [0.5, 0.6) is 0 Å². The van der Waals surface area contributed by atoms with Gasteiger partial charge in [-0.05, 0) is 37.5 Å². The molecule has 3 aromatic rings. The van der Waals surface area contributed by atoms with Gasteiger partial charge >= 0.3 is 0 Å². The van der Waals surface area contributed by atoms with Crippen molar-refractivity contribution in [1.29, 1.82) is 0 Å². The van der Waals surface area contributed by atoms with Crippen LogP contribution in [0.2, 0.25) is 0 Å². The molecule has 1 aliphatic rings. The minimum atomic E-state index is 0.425. The van der Waals surface area contributed by atoms with Crippen molar-refractivity contribution in [1.82, 2.24) is 20.1 Å². The minimum absolute atomic E-state index is 0.425. The van der Waals surface area contributed by atoms with Gasteiger partial charge in [0.1, 0.15) is 5.82 Å². The van der Waals surface area contributed by atoms with Gasteiger partial charge < -0.3 is 10.6 Å². The van der Waals surface area contributed by atoms with Crippen LogP contribution in [0.4, 0.5) is 5.82 Å². The average molecular weight is 321 g/mol. The molecule has 2 N–H and O–H groups in total. The first-order valence-electron chi connectivity index (χ1n) is 8.65. The molecule has 4 rings (SSSR count). The summed E-state index contributed by atoms with van der Waals surface area (Å²) in [7, 11) is 2.00. The van der Waals surface area contributed by atoms with E-state index in [9.17, 15) is 0 Å². The lowest BCUT2D eigenvalue weighted by Crippen LogP contribution is -2.29. The molecule has 0 bridgehead atoms. The number of aromatic nitrogens is 3. The standard InChI is InChI=1S/C19H23N5/c1-24-13-15-17(7-4-8-18(15)23-24)20-11-12-21-19-10-9-14-5-2-3-6-16(14)22-19/h2-3,5-6,9-10,13,17,20H,4,7-8,11-12H2,1H3,(H,21,22). The molecule has 2 aromatic heterocycles. The van der Waals surface area contributed by atoms with Crippen molar-refractivity contribution in [3.05, 3.63) is 53.9 Å². The first kappa shape index (κ1) is 15.1. The highest BCUT2D eigenvalue weighted by atomic mass is 15.3. The number of nitrogens with zero attached hydrogens (tertiary/aromatic N) is 3. The van der Waals surface area contributed by atoms with Crippen LogP contribution in [-0.4, -0.2) is 27.9 Å². The highest BCUT2D eigenvalue weighted by Crippen LogP contribution is 2.28. The normalized spacial score (nSPS) is 17.0. The van der Waals surface area contributed by atoms with Gasteiger partial charge in [-0.25, -0.2) is 4.98 Å². The molecule has 124 valence electrons. The van der Waals surface area contributed by atoms with Gasteiger partial charge in [-0.15, -0.1) is 0 Å². The lowest BCUT2D eigenvalue weighted by Gasteiger charge is -2.22. The molecule has 1 aromatic carbocycles. The number of rotatable bonds is 5. The molecule has 0 saturated carbocycles. The smallest absolute Gasteiger partial charge is 0.126 e. The van der Waals surface area contributed by atoms with E-state index in [0.29, 0.717) is 6.04 Å². The molecule has 0 radical (unpaired) electrons. The summed E-state index contributed by atoms with van der Waals surface area (Å²) in [6.45, 7) is 1.77. The minimum Gasteiger partial charge on any atom is -0.369 e. The first-order chi connectivity index (χ1) is 11.8. The number of anilines is 1. The Hall–Kier alpha value is -2.40. The van der Waals surface area contributed by atoms with Gasteiger partial charge in [0.15, 0.2) is 0 Å². The lowest BCUT2D eigenvalue weighted by molar-refractivity contribution is 0.466. The average Bonchev–Trinajstić information content (AvgIpc) is 2.99. The molecule has 24 heavy (non-hydrogen) atoms. The maximum Gasteiger partial charge on any atom is 0.126 e. The molecule has 1 atom stereocenters. The summed E-state index contributed by atoms with van der Waals surface area (Å²) in [4.78, 5) is 4.65. The molecule has 0 saturated heterocycles. The summed E-state index contributed by atoms with van der Waals surface area (Å²) in [5, 5.41) is 12.8. The van der Waals surface area contributed by atoms with Crippen LogP contribution in [0.25, 0.3) is 10.9 Å². The zero-order chi connectivity index (χ0) is 16.4. The van der Waals surface area contributed by atoms with Crippen LogP contribution >= 0.6 is 0 Å². The summed E-state index contributed by atoms with van der Waals surface area (Å²) >= 11 is 0. The first-order valence-corrected chi connectivity index (χ1v) is 8.65. The number of para-hydroxylation sites is 1. The predicted molar refractivity (Wildman–Crippen MR) is 97.1 cm³/mol. The second-order valence-electron chi connectivity index (χ2n) is 6.42. The van der Waals surface area contributed by atoms with E-state index in [1.807, 2.05) is 36.0 Å². The summed E-state index contributed by atoms with van der Waals surface area (Å²) in [6.07, 6.45) is 5.66. The van der Waals surface area contributed by atoms with Crippen LogP contribution in [-0.2, 0) is 13.5 Å². The molecule has 0 spiro atoms. The van der Waals surface area contributed by atoms with Crippen molar-refractivity contribution in [2.24, 2.45) is 7.05 Å². The van der Waals surface area contributed by atoms with Crippen LogP contribution in [0.3, 0.4) is 0 Å². The van der Waals surface area contributed by atoms with Gasteiger partial charge in [-0.3, -0.25) is 4.68 Å². The van der Waals surface area contributed by atoms with Crippen LogP contribution in [0.1, 0.15) is 30.1 Å². The summed E-state index contributed by atoms with van der Waals surface area (Å²) in [5.41, 5.74) is 3.65. The van der Waals surface area contributed by atoms with Crippen LogP contribution < -0.4 is 10.6 Å². The zero-order valence-corrected chi connectivity index (χ0v) is 14.0. The van der Waals surface area contributed by atoms with E-state index < -0.39 is 0 Å². The second kappa shape index (κ2) is 6.61. The van der Waals surface area contributed by atoms with Crippen molar-refractivity contribution in [2.45, 2.75) is 25.3 Å². The maximum absolute atomic E-state index is 4.65. The van der Waals surface area contributed by atoms with E-state index in [1.165, 1.54) is 29.5 Å². The number of pyridine rings is 1. The highest BCUT2D eigenvalue weighted by molar-refractivity contribution is 5.80. The largest absolute Gasteiger partial charge is 0.369 e. The van der Waals surface area contributed by atoms with Gasteiger partial charge in [0.2, 0.25) is 0 Å². The number of hydrogen-bond acceptors (Lipinski definition) is 4. The molecule has 5 nitrogen and oxygen atoms in total. The van der Waals surface area contributed by atoms with Crippen molar-refractivity contribution >= 4 is 16.7 Å². The Morgan fingerprint density at radius 3 is 3.04 bits per heavy atom. The third-order valence-electron chi connectivity index (χ3n) is 4.64.